The summed E-state index contributed by atoms with van der Waals surface area (Å²) in [6.45, 7) is 0. The number of nitrogens with zero attached hydrogens (tertiary/aromatic N) is 2. The molecule has 3 heterocycles. The highest BCUT2D eigenvalue weighted by molar-refractivity contribution is 6.14. The Morgan fingerprint density at radius 2 is 1.71 bits per heavy atom. The largest absolute Gasteiger partial charge is 0.500 e. The lowest BCUT2D eigenvalue weighted by molar-refractivity contribution is -0.134. The Bertz CT molecular complexity index is 1270. The van der Waals surface area contributed by atoms with Crippen LogP contribution >= 0.6 is 0 Å². The molecule has 0 spiro atoms. The third kappa shape index (κ3) is 3.05. The third-order valence-electron chi connectivity index (χ3n) is 3.99. The van der Waals surface area contributed by atoms with E-state index in [0.717, 1.165) is 16.3 Å². The lowest BCUT2D eigenvalue weighted by atomic mass is 10.2. The average molecular weight is 382 g/mol. The Labute approximate surface area is 156 Å². The van der Waals surface area contributed by atoms with Crippen LogP contribution in [0.5, 0.6) is 11.5 Å². The molecular formula is C19H14N2O7. The number of hydrogen-bond donors (Lipinski definition) is 3. The quantitative estimate of drug-likeness (QED) is 0.457. The van der Waals surface area contributed by atoms with Gasteiger partial charge in [-0.2, -0.15) is 0 Å². The van der Waals surface area contributed by atoms with E-state index in [-0.39, 0.29) is 5.75 Å². The molecule has 0 aliphatic carbocycles. The Kier molecular flexibility index (Phi) is 4.82. The summed E-state index contributed by atoms with van der Waals surface area (Å²) in [4.78, 5) is 35.8. The van der Waals surface area contributed by atoms with E-state index in [0.29, 0.717) is 23.2 Å². The summed E-state index contributed by atoms with van der Waals surface area (Å²) in [6, 6.07) is 9.43. The molecule has 4 rings (SSSR count). The highest BCUT2D eigenvalue weighted by Gasteiger charge is 2.21. The number of carbonyl (C=O) groups is 2. The van der Waals surface area contributed by atoms with E-state index in [1.807, 2.05) is 30.3 Å². The van der Waals surface area contributed by atoms with E-state index < -0.39 is 23.2 Å². The number of methoxy groups -OCH3 is 1. The summed E-state index contributed by atoms with van der Waals surface area (Å²) in [5.74, 6) is -2.81. The molecule has 4 aromatic rings. The Balaban J connectivity index is 0.000000242. The topological polar surface area (TPSA) is 138 Å². The predicted octanol–water partition coefficient (Wildman–Crippen LogP) is 1.86. The van der Waals surface area contributed by atoms with Gasteiger partial charge in [0, 0.05) is 29.1 Å². The van der Waals surface area contributed by atoms with Crippen molar-refractivity contribution in [2.75, 3.05) is 7.11 Å². The second-order valence-electron chi connectivity index (χ2n) is 5.61. The van der Waals surface area contributed by atoms with E-state index in [2.05, 4.69) is 4.98 Å². The van der Waals surface area contributed by atoms with Gasteiger partial charge in [0.15, 0.2) is 5.75 Å². The van der Waals surface area contributed by atoms with Gasteiger partial charge in [0.05, 0.1) is 18.1 Å². The fourth-order valence-electron chi connectivity index (χ4n) is 2.94. The highest BCUT2D eigenvalue weighted by atomic mass is 16.5. The highest BCUT2D eigenvalue weighted by Crippen LogP contribution is 2.36. The molecule has 0 radical (unpaired) electrons. The number of benzene rings is 1. The Morgan fingerprint density at radius 1 is 1.07 bits per heavy atom. The summed E-state index contributed by atoms with van der Waals surface area (Å²) < 4.78 is 6.64. The first-order valence-electron chi connectivity index (χ1n) is 7.91. The molecule has 0 atom stereocenters. The van der Waals surface area contributed by atoms with Crippen LogP contribution < -0.4 is 10.3 Å². The monoisotopic (exact) mass is 382 g/mol. The SMILES string of the molecule is COc1c(O)c(=O)n2c3ccccc3c3ccnc1c32.O=C(O)/C=C/C(=O)O. The summed E-state index contributed by atoms with van der Waals surface area (Å²) >= 11 is 0. The zero-order valence-corrected chi connectivity index (χ0v) is 14.5. The van der Waals surface area contributed by atoms with Crippen molar-refractivity contribution < 1.29 is 29.6 Å². The van der Waals surface area contributed by atoms with Crippen LogP contribution in [0.15, 0.2) is 53.5 Å². The van der Waals surface area contributed by atoms with Crippen molar-refractivity contribution >= 4 is 39.3 Å². The number of pyridine rings is 2. The minimum absolute atomic E-state index is 0.121. The maximum Gasteiger partial charge on any atom is 0.328 e. The summed E-state index contributed by atoms with van der Waals surface area (Å²) in [5.41, 5.74) is 1.42. The summed E-state index contributed by atoms with van der Waals surface area (Å²) in [6.07, 6.45) is 2.77. The molecule has 1 aromatic carbocycles. The minimum atomic E-state index is -1.26. The van der Waals surface area contributed by atoms with Gasteiger partial charge in [0.2, 0.25) is 5.75 Å². The number of aliphatic carboxylic acids is 2. The zero-order valence-electron chi connectivity index (χ0n) is 14.5. The molecule has 0 unspecified atom stereocenters. The predicted molar refractivity (Wildman–Crippen MR) is 100 cm³/mol. The molecular weight excluding hydrogens is 368 g/mol. The van der Waals surface area contributed by atoms with Crippen LogP contribution in [-0.4, -0.2) is 43.8 Å². The van der Waals surface area contributed by atoms with Gasteiger partial charge in [-0.3, -0.25) is 14.2 Å². The van der Waals surface area contributed by atoms with Crippen molar-refractivity contribution in [3.63, 3.8) is 0 Å². The lowest BCUT2D eigenvalue weighted by Crippen LogP contribution is -2.13. The lowest BCUT2D eigenvalue weighted by Gasteiger charge is -2.07. The first-order valence-corrected chi connectivity index (χ1v) is 7.91. The van der Waals surface area contributed by atoms with Gasteiger partial charge in [-0.1, -0.05) is 18.2 Å². The first-order chi connectivity index (χ1) is 13.4. The van der Waals surface area contributed by atoms with Gasteiger partial charge in [0.25, 0.3) is 0 Å². The van der Waals surface area contributed by atoms with Gasteiger partial charge in [0.1, 0.15) is 5.52 Å². The normalized spacial score (nSPS) is 11.0. The summed E-state index contributed by atoms with van der Waals surface area (Å²) in [7, 11) is 1.41. The van der Waals surface area contributed by atoms with Crippen molar-refractivity contribution in [3.05, 3.63) is 59.0 Å². The molecule has 142 valence electrons. The molecule has 0 saturated heterocycles. The number of fused-ring (bicyclic) bond motifs is 3. The number of ether oxygens (including phenoxy) is 1. The molecule has 0 saturated carbocycles. The second-order valence-corrected chi connectivity index (χ2v) is 5.61. The van der Waals surface area contributed by atoms with Gasteiger partial charge in [-0.15, -0.1) is 0 Å². The van der Waals surface area contributed by atoms with Crippen LogP contribution in [0.4, 0.5) is 0 Å². The summed E-state index contributed by atoms with van der Waals surface area (Å²) in [5, 5.41) is 27.5. The molecule has 0 amide bonds. The molecule has 0 fully saturated rings. The third-order valence-corrected chi connectivity index (χ3v) is 3.99. The molecule has 3 N–H and O–H groups in total. The van der Waals surface area contributed by atoms with E-state index in [1.54, 1.807) is 6.20 Å². The molecule has 0 aliphatic rings. The van der Waals surface area contributed by atoms with Crippen LogP contribution in [0.1, 0.15) is 0 Å². The van der Waals surface area contributed by atoms with Crippen LogP contribution in [0, 0.1) is 0 Å². The van der Waals surface area contributed by atoms with E-state index in [4.69, 9.17) is 14.9 Å². The smallest absolute Gasteiger partial charge is 0.328 e. The fraction of sp³-hybridized carbons (Fsp3) is 0.0526. The molecule has 9 heteroatoms. The second kappa shape index (κ2) is 7.23. The molecule has 0 bridgehead atoms. The van der Waals surface area contributed by atoms with Crippen molar-refractivity contribution in [1.29, 1.82) is 0 Å². The van der Waals surface area contributed by atoms with Gasteiger partial charge < -0.3 is 20.1 Å². The fourth-order valence-corrected chi connectivity index (χ4v) is 2.94. The number of para-hydroxylation sites is 1. The molecule has 28 heavy (non-hydrogen) atoms. The number of carboxylic acids is 2. The van der Waals surface area contributed by atoms with E-state index in [9.17, 15) is 19.5 Å². The van der Waals surface area contributed by atoms with Crippen LogP contribution in [0.25, 0.3) is 27.3 Å². The van der Waals surface area contributed by atoms with Crippen molar-refractivity contribution in [2.24, 2.45) is 0 Å². The van der Waals surface area contributed by atoms with Crippen LogP contribution in [0.3, 0.4) is 0 Å². The van der Waals surface area contributed by atoms with Crippen molar-refractivity contribution in [2.45, 2.75) is 0 Å². The number of carboxylic acid groups (broad SMARTS) is 2. The average Bonchev–Trinajstić information content (AvgIpc) is 3.01. The van der Waals surface area contributed by atoms with Crippen LogP contribution in [-0.2, 0) is 9.59 Å². The molecule has 0 aliphatic heterocycles. The number of aromatic nitrogens is 2. The maximum absolute atomic E-state index is 12.4. The van der Waals surface area contributed by atoms with E-state index in [1.165, 1.54) is 11.5 Å². The van der Waals surface area contributed by atoms with E-state index >= 15 is 0 Å². The number of rotatable bonds is 3. The molecule has 9 nitrogen and oxygen atoms in total. The van der Waals surface area contributed by atoms with Crippen molar-refractivity contribution in [1.82, 2.24) is 9.38 Å². The number of hydrogen-bond acceptors (Lipinski definition) is 6. The Morgan fingerprint density at radius 3 is 2.32 bits per heavy atom. The van der Waals surface area contributed by atoms with Gasteiger partial charge >= 0.3 is 17.5 Å². The van der Waals surface area contributed by atoms with Gasteiger partial charge in [-0.05, 0) is 12.1 Å². The maximum atomic E-state index is 12.4. The molecule has 3 aromatic heterocycles. The zero-order chi connectivity index (χ0) is 20.4. The van der Waals surface area contributed by atoms with Crippen molar-refractivity contribution in [3.8, 4) is 11.5 Å². The van der Waals surface area contributed by atoms with Gasteiger partial charge in [-0.25, -0.2) is 9.59 Å². The number of aromatic hydroxyl groups is 1. The van der Waals surface area contributed by atoms with Crippen LogP contribution in [0.2, 0.25) is 0 Å². The Hall–Kier alpha value is -4.14. The first kappa shape index (κ1) is 18.6. The minimum Gasteiger partial charge on any atom is -0.500 e. The standard InChI is InChI=1S/C15H10N2O3.C4H4O4/c1-20-14-11-12-9(6-7-16-11)8-4-2-3-5-10(8)17(12)15(19)13(14)18;5-3(6)1-2-4(7)8/h2-7,18H,1H3;1-2H,(H,5,6)(H,7,8)/b;2-1+.